The summed E-state index contributed by atoms with van der Waals surface area (Å²) < 4.78 is 3.09. The van der Waals surface area contributed by atoms with Crippen LogP contribution in [0.4, 0.5) is 5.69 Å². The Morgan fingerprint density at radius 3 is 2.17 bits per heavy atom. The predicted octanol–water partition coefficient (Wildman–Crippen LogP) is 3.94. The van der Waals surface area contributed by atoms with Crippen LogP contribution in [0, 0.1) is 34.6 Å². The molecular formula is C29H27N4O3+. The Morgan fingerprint density at radius 1 is 0.778 bits per heavy atom. The molecule has 7 nitrogen and oxygen atoms in total. The zero-order valence-corrected chi connectivity index (χ0v) is 20.9. The molecule has 2 aromatic carbocycles. The first-order chi connectivity index (χ1) is 17.2. The number of aryl methyl sites for hydroxylation is 5. The normalized spacial score (nSPS) is 13.8. The molecule has 0 spiro atoms. The minimum Gasteiger partial charge on any atom is -0.295 e. The van der Waals surface area contributed by atoms with E-state index >= 15 is 0 Å². The van der Waals surface area contributed by atoms with Gasteiger partial charge in [-0.2, -0.15) is 4.57 Å². The minimum absolute atomic E-state index is 0.0828. The van der Waals surface area contributed by atoms with E-state index in [2.05, 4.69) is 5.10 Å². The fourth-order valence-corrected chi connectivity index (χ4v) is 4.68. The van der Waals surface area contributed by atoms with Crippen molar-refractivity contribution in [1.82, 2.24) is 9.78 Å². The first kappa shape index (κ1) is 23.2. The Hall–Kier alpha value is -4.52. The van der Waals surface area contributed by atoms with Crippen LogP contribution >= 0.6 is 0 Å². The molecule has 7 heteroatoms. The molecule has 0 radical (unpaired) electrons. The highest BCUT2D eigenvalue weighted by molar-refractivity contribution is 6.53. The lowest BCUT2D eigenvalue weighted by molar-refractivity contribution is -0.577. The second-order valence-corrected chi connectivity index (χ2v) is 9.27. The van der Waals surface area contributed by atoms with Gasteiger partial charge in [0, 0.05) is 17.3 Å². The van der Waals surface area contributed by atoms with E-state index < -0.39 is 11.8 Å². The summed E-state index contributed by atoms with van der Waals surface area (Å²) in [6, 6.07) is 16.5. The van der Waals surface area contributed by atoms with Crippen LogP contribution in [-0.4, -0.2) is 21.6 Å². The van der Waals surface area contributed by atoms with Gasteiger partial charge in [-0.15, -0.1) is 0 Å². The number of hydrogen-bond donors (Lipinski definition) is 1. The van der Waals surface area contributed by atoms with Gasteiger partial charge in [-0.05, 0) is 63.9 Å². The van der Waals surface area contributed by atoms with Gasteiger partial charge in [0.05, 0.1) is 16.9 Å². The van der Waals surface area contributed by atoms with E-state index in [1.807, 2.05) is 64.2 Å². The van der Waals surface area contributed by atoms with E-state index in [-0.39, 0.29) is 22.4 Å². The van der Waals surface area contributed by atoms with E-state index in [9.17, 15) is 14.4 Å². The van der Waals surface area contributed by atoms with Crippen molar-refractivity contribution in [3.8, 4) is 5.69 Å². The molecule has 36 heavy (non-hydrogen) atoms. The van der Waals surface area contributed by atoms with Gasteiger partial charge < -0.3 is 0 Å². The van der Waals surface area contributed by atoms with Crippen LogP contribution in [0.25, 0.3) is 17.0 Å². The monoisotopic (exact) mass is 479 g/mol. The van der Waals surface area contributed by atoms with Crippen molar-refractivity contribution in [2.24, 2.45) is 0 Å². The molecule has 0 bridgehead atoms. The van der Waals surface area contributed by atoms with Gasteiger partial charge in [0.25, 0.3) is 17.2 Å². The largest absolute Gasteiger partial charge is 0.331 e. The summed E-state index contributed by atoms with van der Waals surface area (Å²) in [7, 11) is 0. The van der Waals surface area contributed by atoms with Crippen molar-refractivity contribution in [3.63, 3.8) is 0 Å². The quantitative estimate of drug-likeness (QED) is 0.356. The van der Waals surface area contributed by atoms with Crippen LogP contribution < -0.4 is 15.0 Å². The third-order valence-electron chi connectivity index (χ3n) is 6.69. The molecular weight excluding hydrogens is 452 g/mol. The van der Waals surface area contributed by atoms with Crippen LogP contribution in [0.3, 0.4) is 0 Å². The Balaban J connectivity index is 1.78. The van der Waals surface area contributed by atoms with Crippen molar-refractivity contribution < 1.29 is 14.2 Å². The number of hydrogen-bond acceptors (Lipinski definition) is 3. The lowest BCUT2D eigenvalue weighted by Crippen LogP contribution is -2.40. The standard InChI is InChI=1S/C29H26N4O3/c1-17-11-12-23(19(3)15-17)33-28(35)24(21(5)30-33)25-26(31-14-13-18(2)20(4)16-31)29(36)32(27(25)34)22-9-7-6-8-10-22/h6-16H,1-5H3/p+1. The third kappa shape index (κ3) is 3.60. The summed E-state index contributed by atoms with van der Waals surface area (Å²) >= 11 is 0. The number of para-hydroxylation sites is 1. The number of amides is 2. The topological polar surface area (TPSA) is 79.1 Å². The van der Waals surface area contributed by atoms with Crippen molar-refractivity contribution >= 4 is 28.8 Å². The predicted molar refractivity (Wildman–Crippen MR) is 139 cm³/mol. The molecule has 0 atom stereocenters. The second kappa shape index (κ2) is 8.61. The molecule has 2 amide bonds. The molecule has 5 rings (SSSR count). The fourth-order valence-electron chi connectivity index (χ4n) is 4.68. The van der Waals surface area contributed by atoms with E-state index in [0.717, 1.165) is 27.2 Å². The number of nitrogens with one attached hydrogen (secondary N) is 1. The average Bonchev–Trinajstić information content (AvgIpc) is 3.27. The smallest absolute Gasteiger partial charge is 0.295 e. The summed E-state index contributed by atoms with van der Waals surface area (Å²) in [6.07, 6.45) is 3.57. The van der Waals surface area contributed by atoms with Crippen molar-refractivity contribution in [2.75, 3.05) is 4.90 Å². The van der Waals surface area contributed by atoms with E-state index in [1.165, 1.54) is 4.68 Å². The van der Waals surface area contributed by atoms with E-state index in [4.69, 9.17) is 0 Å². The van der Waals surface area contributed by atoms with E-state index in [0.29, 0.717) is 17.1 Å². The second-order valence-electron chi connectivity index (χ2n) is 9.27. The van der Waals surface area contributed by atoms with Crippen LogP contribution in [-0.2, 0) is 9.59 Å². The van der Waals surface area contributed by atoms with Crippen molar-refractivity contribution in [2.45, 2.75) is 34.6 Å². The zero-order chi connectivity index (χ0) is 25.7. The number of carbonyl (C=O) groups excluding carboxylic acids is 2. The van der Waals surface area contributed by atoms with Gasteiger partial charge in [-0.3, -0.25) is 19.5 Å². The minimum atomic E-state index is -0.529. The molecule has 0 unspecified atom stereocenters. The number of H-pyrrole nitrogens is 1. The third-order valence-corrected chi connectivity index (χ3v) is 6.69. The van der Waals surface area contributed by atoms with Crippen molar-refractivity contribution in [1.29, 1.82) is 0 Å². The highest BCUT2D eigenvalue weighted by Crippen LogP contribution is 2.33. The molecule has 0 aliphatic carbocycles. The molecule has 0 saturated heterocycles. The summed E-state index contributed by atoms with van der Waals surface area (Å²) in [4.78, 5) is 42.6. The summed E-state index contributed by atoms with van der Waals surface area (Å²) in [5, 5.41) is 3.13. The van der Waals surface area contributed by atoms with Gasteiger partial charge >= 0.3 is 5.91 Å². The fraction of sp³-hybridized carbons (Fsp3) is 0.172. The van der Waals surface area contributed by atoms with Crippen molar-refractivity contribution in [3.05, 3.63) is 111 Å². The molecule has 4 aromatic rings. The van der Waals surface area contributed by atoms with Gasteiger partial charge in [-0.25, -0.2) is 9.58 Å². The highest BCUT2D eigenvalue weighted by atomic mass is 16.2. The van der Waals surface area contributed by atoms with Gasteiger partial charge in [-0.1, -0.05) is 35.9 Å². The number of aromatic amines is 1. The number of nitrogens with zero attached hydrogens (tertiary/aromatic N) is 3. The number of pyridine rings is 1. The lowest BCUT2D eigenvalue weighted by atomic mass is 10.0. The van der Waals surface area contributed by atoms with E-state index in [1.54, 1.807) is 42.0 Å². The zero-order valence-electron chi connectivity index (χ0n) is 20.9. The van der Waals surface area contributed by atoms with Gasteiger partial charge in [0.2, 0.25) is 0 Å². The Labute approximate surface area is 208 Å². The summed E-state index contributed by atoms with van der Waals surface area (Å²) in [6.45, 7) is 9.59. The molecule has 2 aromatic heterocycles. The lowest BCUT2D eigenvalue weighted by Gasteiger charge is -2.13. The SMILES string of the molecule is Cc1ccc(-n2[nH]c(C)c(C3=C([n+]4ccc(C)c(C)c4)C(=O)N(c4ccccc4)C3=O)c2=O)c(C)c1. The molecule has 0 fully saturated rings. The first-order valence-electron chi connectivity index (χ1n) is 11.8. The highest BCUT2D eigenvalue weighted by Gasteiger charge is 2.48. The van der Waals surface area contributed by atoms with Crippen LogP contribution in [0.2, 0.25) is 0 Å². The maximum atomic E-state index is 13.9. The molecule has 3 heterocycles. The molecule has 1 N–H and O–H groups in total. The number of imide groups is 1. The summed E-state index contributed by atoms with van der Waals surface area (Å²) in [5.74, 6) is -1.01. The maximum Gasteiger partial charge on any atom is 0.331 e. The first-order valence-corrected chi connectivity index (χ1v) is 11.8. The Bertz CT molecular complexity index is 1640. The van der Waals surface area contributed by atoms with Crippen LogP contribution in [0.15, 0.2) is 71.8 Å². The average molecular weight is 480 g/mol. The molecule has 0 saturated carbocycles. The number of anilines is 1. The molecule has 180 valence electrons. The van der Waals surface area contributed by atoms with Gasteiger partial charge in [0.15, 0.2) is 12.4 Å². The number of rotatable bonds is 4. The number of benzene rings is 2. The maximum absolute atomic E-state index is 13.9. The van der Waals surface area contributed by atoms with Crippen LogP contribution in [0.5, 0.6) is 0 Å². The summed E-state index contributed by atoms with van der Waals surface area (Å²) in [5.41, 5.74) is 5.71. The number of carbonyl (C=O) groups is 2. The Morgan fingerprint density at radius 2 is 1.50 bits per heavy atom. The van der Waals surface area contributed by atoms with Gasteiger partial charge in [0.1, 0.15) is 5.57 Å². The number of aromatic nitrogens is 3. The molecule has 1 aliphatic rings. The Kier molecular flexibility index (Phi) is 5.55. The molecule has 1 aliphatic heterocycles. The van der Waals surface area contributed by atoms with Crippen LogP contribution in [0.1, 0.15) is 33.5 Å².